The van der Waals surface area contributed by atoms with E-state index in [1.165, 1.54) is 11.1 Å². The molecule has 1 heteroatoms. The quantitative estimate of drug-likeness (QED) is 0.690. The lowest BCUT2D eigenvalue weighted by Crippen LogP contribution is -2.11. The van der Waals surface area contributed by atoms with Crippen molar-refractivity contribution in [2.75, 3.05) is 0 Å². The van der Waals surface area contributed by atoms with Crippen LogP contribution in [-0.2, 0) is 16.6 Å². The summed E-state index contributed by atoms with van der Waals surface area (Å²) in [7, 11) is 0. The zero-order chi connectivity index (χ0) is 14.5. The van der Waals surface area contributed by atoms with E-state index >= 15 is 0 Å². The SMILES string of the molecule is CCC(=CC(=O)Cc1ccc(C(C)(C)C)cc1)CC. The molecule has 0 heterocycles. The number of hydrogen-bond donors (Lipinski definition) is 0. The average Bonchev–Trinajstić information content (AvgIpc) is 2.35. The van der Waals surface area contributed by atoms with Gasteiger partial charge in [-0.25, -0.2) is 0 Å². The lowest BCUT2D eigenvalue weighted by atomic mass is 9.86. The van der Waals surface area contributed by atoms with Crippen molar-refractivity contribution in [3.05, 3.63) is 47.0 Å². The Morgan fingerprint density at radius 2 is 1.58 bits per heavy atom. The first-order chi connectivity index (χ1) is 8.86. The number of carbonyl (C=O) groups is 1. The van der Waals surface area contributed by atoms with Gasteiger partial charge in [-0.15, -0.1) is 0 Å². The minimum absolute atomic E-state index is 0.167. The number of hydrogen-bond acceptors (Lipinski definition) is 1. The van der Waals surface area contributed by atoms with Gasteiger partial charge >= 0.3 is 0 Å². The lowest BCUT2D eigenvalue weighted by Gasteiger charge is -2.19. The van der Waals surface area contributed by atoms with Crippen molar-refractivity contribution in [3.63, 3.8) is 0 Å². The van der Waals surface area contributed by atoms with E-state index in [0.29, 0.717) is 6.42 Å². The molecule has 0 atom stereocenters. The third-order valence-electron chi connectivity index (χ3n) is 3.47. The second-order valence-corrected chi connectivity index (χ2v) is 6.10. The standard InChI is InChI=1S/C18H26O/c1-6-14(7-2)12-17(19)13-15-8-10-16(11-9-15)18(3,4)5/h8-12H,6-7,13H2,1-5H3. The summed E-state index contributed by atoms with van der Waals surface area (Å²) in [6.45, 7) is 10.8. The minimum atomic E-state index is 0.167. The Morgan fingerprint density at radius 3 is 2.00 bits per heavy atom. The third kappa shape index (κ3) is 5.02. The molecule has 0 aliphatic heterocycles. The van der Waals surface area contributed by atoms with Gasteiger partial charge in [-0.05, 0) is 35.5 Å². The van der Waals surface area contributed by atoms with Gasteiger partial charge in [-0.3, -0.25) is 4.79 Å². The molecule has 1 nitrogen and oxygen atoms in total. The Hall–Kier alpha value is -1.37. The van der Waals surface area contributed by atoms with Crippen LogP contribution in [0.25, 0.3) is 0 Å². The summed E-state index contributed by atoms with van der Waals surface area (Å²) >= 11 is 0. The van der Waals surface area contributed by atoms with Crippen LogP contribution < -0.4 is 0 Å². The number of benzene rings is 1. The molecular weight excluding hydrogens is 232 g/mol. The molecule has 1 aromatic rings. The summed E-state index contributed by atoms with van der Waals surface area (Å²) in [6, 6.07) is 8.41. The van der Waals surface area contributed by atoms with Gasteiger partial charge in [0.1, 0.15) is 0 Å². The average molecular weight is 258 g/mol. The van der Waals surface area contributed by atoms with Crippen molar-refractivity contribution in [3.8, 4) is 0 Å². The molecule has 0 N–H and O–H groups in total. The number of carbonyl (C=O) groups excluding carboxylic acids is 1. The highest BCUT2D eigenvalue weighted by molar-refractivity contribution is 5.92. The number of rotatable bonds is 5. The second-order valence-electron chi connectivity index (χ2n) is 6.10. The molecule has 0 aliphatic carbocycles. The molecule has 0 unspecified atom stereocenters. The van der Waals surface area contributed by atoms with Crippen LogP contribution in [0, 0.1) is 0 Å². The minimum Gasteiger partial charge on any atom is -0.294 e. The van der Waals surface area contributed by atoms with Gasteiger partial charge in [0, 0.05) is 6.42 Å². The largest absolute Gasteiger partial charge is 0.294 e. The molecule has 0 bridgehead atoms. The maximum Gasteiger partial charge on any atom is 0.160 e. The van der Waals surface area contributed by atoms with Gasteiger partial charge in [-0.2, -0.15) is 0 Å². The molecule has 1 rings (SSSR count). The summed E-state index contributed by atoms with van der Waals surface area (Å²) in [6.07, 6.45) is 4.25. The van der Waals surface area contributed by atoms with Gasteiger partial charge in [0.05, 0.1) is 0 Å². The monoisotopic (exact) mass is 258 g/mol. The fraction of sp³-hybridized carbons (Fsp3) is 0.500. The van der Waals surface area contributed by atoms with E-state index in [-0.39, 0.29) is 11.2 Å². The smallest absolute Gasteiger partial charge is 0.160 e. The summed E-state index contributed by atoms with van der Waals surface area (Å²) in [5.74, 6) is 0.210. The molecular formula is C18H26O. The summed E-state index contributed by atoms with van der Waals surface area (Å²) in [5.41, 5.74) is 3.80. The summed E-state index contributed by atoms with van der Waals surface area (Å²) in [5, 5.41) is 0. The van der Waals surface area contributed by atoms with E-state index in [9.17, 15) is 4.79 Å². The Labute approximate surface area is 117 Å². The van der Waals surface area contributed by atoms with Crippen molar-refractivity contribution in [2.24, 2.45) is 0 Å². The lowest BCUT2D eigenvalue weighted by molar-refractivity contribution is -0.114. The zero-order valence-electron chi connectivity index (χ0n) is 12.9. The maximum atomic E-state index is 11.9. The summed E-state index contributed by atoms with van der Waals surface area (Å²) in [4.78, 5) is 11.9. The Bertz CT molecular complexity index is 438. The molecule has 1 aromatic carbocycles. The van der Waals surface area contributed by atoms with Crippen LogP contribution in [0.15, 0.2) is 35.9 Å². The first-order valence-electron chi connectivity index (χ1n) is 7.18. The number of ketones is 1. The van der Waals surface area contributed by atoms with Gasteiger partial charge < -0.3 is 0 Å². The molecule has 0 aliphatic rings. The topological polar surface area (TPSA) is 17.1 Å². The molecule has 0 saturated carbocycles. The first kappa shape index (κ1) is 15.7. The highest BCUT2D eigenvalue weighted by atomic mass is 16.1. The summed E-state index contributed by atoms with van der Waals surface area (Å²) < 4.78 is 0. The van der Waals surface area contributed by atoms with Crippen molar-refractivity contribution >= 4 is 5.78 Å². The van der Waals surface area contributed by atoms with Crippen LogP contribution in [0.4, 0.5) is 0 Å². The van der Waals surface area contributed by atoms with E-state index in [1.54, 1.807) is 0 Å². The molecule has 104 valence electrons. The van der Waals surface area contributed by atoms with Crippen LogP contribution in [-0.4, -0.2) is 5.78 Å². The fourth-order valence-electron chi connectivity index (χ4n) is 2.06. The molecule has 0 radical (unpaired) electrons. The van der Waals surface area contributed by atoms with Crippen molar-refractivity contribution in [1.82, 2.24) is 0 Å². The number of allylic oxidation sites excluding steroid dienone is 2. The van der Waals surface area contributed by atoms with Crippen LogP contribution in [0.5, 0.6) is 0 Å². The maximum absolute atomic E-state index is 11.9. The van der Waals surface area contributed by atoms with Crippen LogP contribution in [0.3, 0.4) is 0 Å². The fourth-order valence-corrected chi connectivity index (χ4v) is 2.06. The molecule has 0 amide bonds. The van der Waals surface area contributed by atoms with Crippen LogP contribution in [0.1, 0.15) is 58.6 Å². The highest BCUT2D eigenvalue weighted by Gasteiger charge is 2.13. The van der Waals surface area contributed by atoms with Gasteiger partial charge in [0.25, 0.3) is 0 Å². The van der Waals surface area contributed by atoms with Crippen LogP contribution >= 0.6 is 0 Å². The van der Waals surface area contributed by atoms with E-state index in [1.807, 2.05) is 6.08 Å². The second kappa shape index (κ2) is 6.70. The van der Waals surface area contributed by atoms with E-state index in [4.69, 9.17) is 0 Å². The normalized spacial score (nSPS) is 11.2. The van der Waals surface area contributed by atoms with E-state index in [2.05, 4.69) is 58.9 Å². The molecule has 19 heavy (non-hydrogen) atoms. The predicted octanol–water partition coefficient (Wildman–Crippen LogP) is 4.84. The van der Waals surface area contributed by atoms with Gasteiger partial charge in [-0.1, -0.05) is 64.5 Å². The predicted molar refractivity (Wildman–Crippen MR) is 82.5 cm³/mol. The van der Waals surface area contributed by atoms with Gasteiger partial charge in [0.15, 0.2) is 5.78 Å². The van der Waals surface area contributed by atoms with Crippen molar-refractivity contribution < 1.29 is 4.79 Å². The van der Waals surface area contributed by atoms with E-state index in [0.717, 1.165) is 18.4 Å². The van der Waals surface area contributed by atoms with Gasteiger partial charge in [0.2, 0.25) is 0 Å². The highest BCUT2D eigenvalue weighted by Crippen LogP contribution is 2.22. The van der Waals surface area contributed by atoms with Crippen molar-refractivity contribution in [2.45, 2.75) is 59.3 Å². The Kier molecular flexibility index (Phi) is 5.53. The van der Waals surface area contributed by atoms with Crippen molar-refractivity contribution in [1.29, 1.82) is 0 Å². The first-order valence-corrected chi connectivity index (χ1v) is 7.18. The zero-order valence-corrected chi connectivity index (χ0v) is 12.9. The Balaban J connectivity index is 2.74. The molecule has 0 aromatic heterocycles. The molecule has 0 saturated heterocycles. The molecule has 0 spiro atoms. The third-order valence-corrected chi connectivity index (χ3v) is 3.47. The van der Waals surface area contributed by atoms with E-state index < -0.39 is 0 Å². The van der Waals surface area contributed by atoms with Crippen LogP contribution in [0.2, 0.25) is 0 Å². The molecule has 0 fully saturated rings. The Morgan fingerprint density at radius 1 is 1.05 bits per heavy atom.